The zero-order valence-electron chi connectivity index (χ0n) is 11.5. The van der Waals surface area contributed by atoms with Crippen molar-refractivity contribution in [3.05, 3.63) is 74.7 Å². The van der Waals surface area contributed by atoms with Crippen LogP contribution < -0.4 is 5.56 Å². The zero-order chi connectivity index (χ0) is 15.4. The van der Waals surface area contributed by atoms with Crippen LogP contribution in [0.3, 0.4) is 0 Å². The summed E-state index contributed by atoms with van der Waals surface area (Å²) in [5.41, 5.74) is 1.29. The maximum Gasteiger partial charge on any atom is 0.269 e. The molecule has 0 aliphatic carbocycles. The summed E-state index contributed by atoms with van der Waals surface area (Å²) in [6, 6.07) is 7.69. The second-order valence-corrected chi connectivity index (χ2v) is 4.35. The Balaban J connectivity index is 2.66. The summed E-state index contributed by atoms with van der Waals surface area (Å²) < 4.78 is 6.49. The third-order valence-electron chi connectivity index (χ3n) is 3.03. The average molecular weight is 286 g/mol. The van der Waals surface area contributed by atoms with E-state index in [4.69, 9.17) is 4.74 Å². The Morgan fingerprint density at radius 1 is 1.43 bits per heavy atom. The maximum absolute atomic E-state index is 12.3. The molecular weight excluding hydrogens is 272 g/mol. The molecular formula is C15H14N2O4. The molecule has 6 nitrogen and oxygen atoms in total. The Morgan fingerprint density at radius 2 is 2.19 bits per heavy atom. The van der Waals surface area contributed by atoms with E-state index >= 15 is 0 Å². The molecule has 6 heteroatoms. The number of nitrogens with zero attached hydrogens (tertiary/aromatic N) is 2. The highest BCUT2D eigenvalue weighted by molar-refractivity contribution is 5.51. The number of nitro groups is 1. The molecule has 0 saturated heterocycles. The predicted molar refractivity (Wildman–Crippen MR) is 79.5 cm³/mol. The van der Waals surface area contributed by atoms with E-state index in [9.17, 15) is 14.9 Å². The Morgan fingerprint density at radius 3 is 2.81 bits per heavy atom. The van der Waals surface area contributed by atoms with Crippen LogP contribution in [0.4, 0.5) is 5.69 Å². The van der Waals surface area contributed by atoms with Gasteiger partial charge in [-0.1, -0.05) is 12.7 Å². The first kappa shape index (κ1) is 14.7. The molecule has 0 aliphatic heterocycles. The SMILES string of the molecule is C=Cc1cccn(-c2ccc([N+](=O)[O-])cc2COC)c1=O. The van der Waals surface area contributed by atoms with Crippen LogP contribution in [0.1, 0.15) is 11.1 Å². The number of hydrogen-bond donors (Lipinski definition) is 0. The molecule has 1 aromatic heterocycles. The molecule has 0 bridgehead atoms. The molecule has 0 fully saturated rings. The van der Waals surface area contributed by atoms with Gasteiger partial charge < -0.3 is 4.74 Å². The molecule has 0 spiro atoms. The van der Waals surface area contributed by atoms with Crippen LogP contribution in [0.5, 0.6) is 0 Å². The fourth-order valence-corrected chi connectivity index (χ4v) is 2.05. The van der Waals surface area contributed by atoms with Crippen molar-refractivity contribution in [2.24, 2.45) is 0 Å². The lowest BCUT2D eigenvalue weighted by Crippen LogP contribution is -2.20. The van der Waals surface area contributed by atoms with E-state index in [0.29, 0.717) is 16.8 Å². The van der Waals surface area contributed by atoms with Gasteiger partial charge in [-0.25, -0.2) is 0 Å². The lowest BCUT2D eigenvalue weighted by molar-refractivity contribution is -0.384. The number of non-ortho nitro benzene ring substituents is 1. The number of rotatable bonds is 5. The van der Waals surface area contributed by atoms with Crippen molar-refractivity contribution in [1.29, 1.82) is 0 Å². The first-order chi connectivity index (χ1) is 10.1. The molecule has 2 aromatic rings. The quantitative estimate of drug-likeness (QED) is 0.625. The normalized spacial score (nSPS) is 10.3. The smallest absolute Gasteiger partial charge is 0.269 e. The van der Waals surface area contributed by atoms with E-state index in [1.54, 1.807) is 24.4 Å². The molecule has 21 heavy (non-hydrogen) atoms. The van der Waals surface area contributed by atoms with Crippen LogP contribution in [0.15, 0.2) is 47.9 Å². The first-order valence-corrected chi connectivity index (χ1v) is 6.19. The van der Waals surface area contributed by atoms with E-state index in [1.807, 2.05) is 0 Å². The average Bonchev–Trinajstić information content (AvgIpc) is 2.48. The van der Waals surface area contributed by atoms with Crippen molar-refractivity contribution >= 4 is 11.8 Å². The third kappa shape index (κ3) is 2.90. The monoisotopic (exact) mass is 286 g/mol. The van der Waals surface area contributed by atoms with Crippen molar-refractivity contribution in [1.82, 2.24) is 4.57 Å². The van der Waals surface area contributed by atoms with Crippen LogP contribution in [0, 0.1) is 10.1 Å². The summed E-state index contributed by atoms with van der Waals surface area (Å²) in [6.45, 7) is 3.76. The van der Waals surface area contributed by atoms with E-state index < -0.39 is 4.92 Å². The summed E-state index contributed by atoms with van der Waals surface area (Å²) in [7, 11) is 1.49. The van der Waals surface area contributed by atoms with Gasteiger partial charge in [-0.3, -0.25) is 19.5 Å². The van der Waals surface area contributed by atoms with Crippen LogP contribution >= 0.6 is 0 Å². The van der Waals surface area contributed by atoms with E-state index in [0.717, 1.165) is 0 Å². The highest BCUT2D eigenvalue weighted by Crippen LogP contribution is 2.21. The number of ether oxygens (including phenoxy) is 1. The van der Waals surface area contributed by atoms with Crippen LogP contribution in [-0.2, 0) is 11.3 Å². The van der Waals surface area contributed by atoms with Crippen LogP contribution in [0.25, 0.3) is 11.8 Å². The van der Waals surface area contributed by atoms with E-state index in [2.05, 4.69) is 6.58 Å². The summed E-state index contributed by atoms with van der Waals surface area (Å²) >= 11 is 0. The van der Waals surface area contributed by atoms with E-state index in [-0.39, 0.29) is 17.9 Å². The molecule has 0 saturated carbocycles. The van der Waals surface area contributed by atoms with Gasteiger partial charge in [0.15, 0.2) is 0 Å². The minimum atomic E-state index is -0.480. The minimum absolute atomic E-state index is 0.0428. The van der Waals surface area contributed by atoms with Gasteiger partial charge >= 0.3 is 0 Å². The maximum atomic E-state index is 12.3. The van der Waals surface area contributed by atoms with Crippen molar-refractivity contribution in [2.45, 2.75) is 6.61 Å². The highest BCUT2D eigenvalue weighted by Gasteiger charge is 2.13. The Bertz CT molecular complexity index is 750. The number of pyridine rings is 1. The lowest BCUT2D eigenvalue weighted by atomic mass is 10.1. The van der Waals surface area contributed by atoms with Gasteiger partial charge in [0.25, 0.3) is 11.2 Å². The molecule has 108 valence electrons. The molecule has 0 amide bonds. The molecule has 0 N–H and O–H groups in total. The van der Waals surface area contributed by atoms with Crippen LogP contribution in [-0.4, -0.2) is 16.6 Å². The Kier molecular flexibility index (Phi) is 4.30. The molecule has 0 atom stereocenters. The minimum Gasteiger partial charge on any atom is -0.380 e. The number of benzene rings is 1. The summed E-state index contributed by atoms with van der Waals surface area (Å²) in [5.74, 6) is 0. The van der Waals surface area contributed by atoms with Gasteiger partial charge in [-0.05, 0) is 18.2 Å². The topological polar surface area (TPSA) is 74.4 Å². The second-order valence-electron chi connectivity index (χ2n) is 4.35. The van der Waals surface area contributed by atoms with Gasteiger partial charge in [-0.15, -0.1) is 0 Å². The van der Waals surface area contributed by atoms with Crippen molar-refractivity contribution in [3.8, 4) is 5.69 Å². The number of nitro benzene ring substituents is 1. The van der Waals surface area contributed by atoms with Crippen molar-refractivity contribution < 1.29 is 9.66 Å². The third-order valence-corrected chi connectivity index (χ3v) is 3.03. The summed E-state index contributed by atoms with van der Waals surface area (Å²) in [4.78, 5) is 22.7. The van der Waals surface area contributed by atoms with E-state index in [1.165, 1.54) is 29.9 Å². The van der Waals surface area contributed by atoms with Gasteiger partial charge in [0, 0.05) is 36.6 Å². The van der Waals surface area contributed by atoms with Crippen molar-refractivity contribution in [3.63, 3.8) is 0 Å². The predicted octanol–water partition coefficient (Wildman–Crippen LogP) is 2.54. The zero-order valence-corrected chi connectivity index (χ0v) is 11.5. The molecule has 1 heterocycles. The number of methoxy groups -OCH3 is 1. The van der Waals surface area contributed by atoms with Gasteiger partial charge in [-0.2, -0.15) is 0 Å². The standard InChI is InChI=1S/C15H14N2O4/c1-3-11-5-4-8-16(15(11)18)14-7-6-13(17(19)20)9-12(14)10-21-2/h3-9H,1,10H2,2H3. The second kappa shape index (κ2) is 6.15. The van der Waals surface area contributed by atoms with Crippen molar-refractivity contribution in [2.75, 3.05) is 7.11 Å². The Labute approximate surface area is 121 Å². The molecule has 0 aliphatic rings. The number of hydrogen-bond acceptors (Lipinski definition) is 4. The molecule has 2 rings (SSSR count). The molecule has 1 aromatic carbocycles. The first-order valence-electron chi connectivity index (χ1n) is 6.19. The lowest BCUT2D eigenvalue weighted by Gasteiger charge is -2.12. The largest absolute Gasteiger partial charge is 0.380 e. The van der Waals surface area contributed by atoms with Gasteiger partial charge in [0.2, 0.25) is 0 Å². The van der Waals surface area contributed by atoms with Gasteiger partial charge in [0.05, 0.1) is 17.2 Å². The summed E-state index contributed by atoms with van der Waals surface area (Å²) in [6.07, 6.45) is 3.08. The number of aromatic nitrogens is 1. The molecule has 0 unspecified atom stereocenters. The summed E-state index contributed by atoms with van der Waals surface area (Å²) in [5, 5.41) is 10.9. The van der Waals surface area contributed by atoms with Crippen LogP contribution in [0.2, 0.25) is 0 Å². The fraction of sp³-hybridized carbons (Fsp3) is 0.133. The molecule has 0 radical (unpaired) electrons. The van der Waals surface area contributed by atoms with Gasteiger partial charge in [0.1, 0.15) is 0 Å². The highest BCUT2D eigenvalue weighted by atomic mass is 16.6. The Hall–Kier alpha value is -2.73. The fourth-order valence-electron chi connectivity index (χ4n) is 2.05.